The first-order chi connectivity index (χ1) is 17.1. The molecule has 2 atom stereocenters. The molecular formula is C27H37BrN4O3S. The molecule has 7 nitrogen and oxygen atoms in total. The second-order valence-electron chi connectivity index (χ2n) is 10.4. The average Bonchev–Trinajstić information content (AvgIpc) is 3.50. The molecule has 0 saturated carbocycles. The first-order valence-corrected chi connectivity index (χ1v) is 14.5. The number of benzene rings is 1. The van der Waals surface area contributed by atoms with Crippen LogP contribution in [-0.4, -0.2) is 51.6 Å². The first kappa shape index (κ1) is 28.3. The van der Waals surface area contributed by atoms with Gasteiger partial charge < -0.3 is 15.5 Å². The summed E-state index contributed by atoms with van der Waals surface area (Å²) in [4.78, 5) is 46.3. The van der Waals surface area contributed by atoms with Gasteiger partial charge in [0.15, 0.2) is 0 Å². The minimum Gasteiger partial charge on any atom is -0.350 e. The molecule has 0 bridgehead atoms. The van der Waals surface area contributed by atoms with Crippen molar-refractivity contribution in [2.24, 2.45) is 5.41 Å². The van der Waals surface area contributed by atoms with E-state index in [1.165, 1.54) is 0 Å². The second-order valence-corrected chi connectivity index (χ2v) is 12.0. The molecule has 3 rings (SSSR count). The molecule has 0 unspecified atom stereocenters. The number of rotatable bonds is 10. The molecule has 1 saturated heterocycles. The normalized spacial score (nSPS) is 16.6. The van der Waals surface area contributed by atoms with Crippen LogP contribution in [-0.2, 0) is 20.9 Å². The van der Waals surface area contributed by atoms with Crippen molar-refractivity contribution in [2.75, 3.05) is 11.9 Å². The van der Waals surface area contributed by atoms with E-state index in [1.54, 1.807) is 16.2 Å². The molecule has 1 aliphatic rings. The van der Waals surface area contributed by atoms with Crippen molar-refractivity contribution in [1.82, 2.24) is 20.5 Å². The van der Waals surface area contributed by atoms with Gasteiger partial charge in [0.2, 0.25) is 17.7 Å². The molecule has 0 spiro atoms. The number of unbranched alkanes of at least 4 members (excludes halogenated alkanes) is 1. The Hall–Kier alpha value is -2.26. The van der Waals surface area contributed by atoms with E-state index >= 15 is 0 Å². The van der Waals surface area contributed by atoms with E-state index in [1.807, 2.05) is 57.5 Å². The van der Waals surface area contributed by atoms with Crippen LogP contribution in [0.4, 0.5) is 0 Å². The highest BCUT2D eigenvalue weighted by atomic mass is 79.9. The third-order valence-electron chi connectivity index (χ3n) is 6.47. The Morgan fingerprint density at radius 2 is 1.92 bits per heavy atom. The second kappa shape index (κ2) is 12.8. The highest BCUT2D eigenvalue weighted by Crippen LogP contribution is 2.28. The Labute approximate surface area is 226 Å². The highest BCUT2D eigenvalue weighted by Gasteiger charge is 2.41. The van der Waals surface area contributed by atoms with Crippen LogP contribution in [0.2, 0.25) is 0 Å². The summed E-state index contributed by atoms with van der Waals surface area (Å²) in [6.45, 7) is 8.73. The molecule has 0 aliphatic carbocycles. The van der Waals surface area contributed by atoms with Gasteiger partial charge in [-0.15, -0.1) is 11.3 Å². The smallest absolute Gasteiger partial charge is 0.246 e. The summed E-state index contributed by atoms with van der Waals surface area (Å²) < 4.78 is 0. The van der Waals surface area contributed by atoms with Gasteiger partial charge in [0.25, 0.3) is 0 Å². The van der Waals surface area contributed by atoms with E-state index in [0.29, 0.717) is 25.9 Å². The van der Waals surface area contributed by atoms with E-state index in [2.05, 4.69) is 31.5 Å². The van der Waals surface area contributed by atoms with Crippen molar-refractivity contribution >= 4 is 45.0 Å². The molecule has 3 amide bonds. The number of aromatic nitrogens is 1. The number of hydrogen-bond acceptors (Lipinski definition) is 5. The topological polar surface area (TPSA) is 91.4 Å². The van der Waals surface area contributed by atoms with Gasteiger partial charge in [0.1, 0.15) is 12.1 Å². The molecule has 9 heteroatoms. The molecule has 2 aromatic rings. The standard InChI is InChI=1S/C27H37BrN4O3S/c1-18-23(36-17-30-18)20-12-10-19(11-13-20)16-29-25(34)21-8-7-15-32(21)26(35)24(27(2,3)4)31-22(33)9-5-6-14-28/h10-13,17,21,24H,5-9,14-16H2,1-4H3,(H,29,34)(H,31,33)/t21-,24+/m0/s1. The van der Waals surface area contributed by atoms with E-state index < -0.39 is 17.5 Å². The van der Waals surface area contributed by atoms with E-state index in [-0.39, 0.29) is 17.7 Å². The van der Waals surface area contributed by atoms with Crippen LogP contribution >= 0.6 is 27.3 Å². The molecule has 1 fully saturated rings. The highest BCUT2D eigenvalue weighted by molar-refractivity contribution is 9.09. The monoisotopic (exact) mass is 576 g/mol. The number of alkyl halides is 1. The number of aryl methyl sites for hydroxylation is 1. The Balaban J connectivity index is 1.61. The van der Waals surface area contributed by atoms with Gasteiger partial charge in [-0.05, 0) is 49.1 Å². The van der Waals surface area contributed by atoms with Crippen LogP contribution in [0.15, 0.2) is 29.8 Å². The number of halogens is 1. The van der Waals surface area contributed by atoms with Gasteiger partial charge in [0, 0.05) is 24.8 Å². The Morgan fingerprint density at radius 3 is 2.53 bits per heavy atom. The van der Waals surface area contributed by atoms with Gasteiger partial charge >= 0.3 is 0 Å². The molecule has 2 heterocycles. The van der Waals surface area contributed by atoms with Crippen molar-refractivity contribution in [3.8, 4) is 10.4 Å². The van der Waals surface area contributed by atoms with Crippen LogP contribution in [0.5, 0.6) is 0 Å². The maximum Gasteiger partial charge on any atom is 0.246 e. The van der Waals surface area contributed by atoms with Gasteiger partial charge in [-0.3, -0.25) is 14.4 Å². The van der Waals surface area contributed by atoms with Gasteiger partial charge in [0.05, 0.1) is 16.1 Å². The number of hydrogen-bond donors (Lipinski definition) is 2. The van der Waals surface area contributed by atoms with Gasteiger partial charge in [-0.2, -0.15) is 0 Å². The fraction of sp³-hybridized carbons (Fsp3) is 0.556. The molecule has 1 aliphatic heterocycles. The summed E-state index contributed by atoms with van der Waals surface area (Å²) in [6.07, 6.45) is 3.45. The molecule has 1 aromatic heterocycles. The van der Waals surface area contributed by atoms with Crippen LogP contribution in [0.1, 0.15) is 64.1 Å². The average molecular weight is 578 g/mol. The predicted octanol–water partition coefficient (Wildman–Crippen LogP) is 4.82. The van der Waals surface area contributed by atoms with Crippen molar-refractivity contribution in [3.05, 3.63) is 41.0 Å². The molecular weight excluding hydrogens is 540 g/mol. The Bertz CT molecular complexity index is 1050. The largest absolute Gasteiger partial charge is 0.350 e. The molecule has 1 aromatic carbocycles. The molecule has 0 radical (unpaired) electrons. The lowest BCUT2D eigenvalue weighted by molar-refractivity contribution is -0.143. The summed E-state index contributed by atoms with van der Waals surface area (Å²) >= 11 is 4.99. The number of carbonyl (C=O) groups is 3. The lowest BCUT2D eigenvalue weighted by atomic mass is 9.85. The van der Waals surface area contributed by atoms with E-state index in [4.69, 9.17) is 0 Å². The third kappa shape index (κ3) is 7.38. The predicted molar refractivity (Wildman–Crippen MR) is 148 cm³/mol. The van der Waals surface area contributed by atoms with E-state index in [0.717, 1.165) is 46.3 Å². The van der Waals surface area contributed by atoms with Crippen LogP contribution in [0.25, 0.3) is 10.4 Å². The number of thiazole rings is 1. The fourth-order valence-corrected chi connectivity index (χ4v) is 5.60. The third-order valence-corrected chi connectivity index (χ3v) is 8.01. The number of amides is 3. The quantitative estimate of drug-likeness (QED) is 0.313. The summed E-state index contributed by atoms with van der Waals surface area (Å²) in [5, 5.41) is 6.81. The maximum atomic E-state index is 13.5. The molecule has 2 N–H and O–H groups in total. The summed E-state index contributed by atoms with van der Waals surface area (Å²) in [7, 11) is 0. The van der Waals surface area contributed by atoms with Crippen LogP contribution in [0.3, 0.4) is 0 Å². The summed E-state index contributed by atoms with van der Waals surface area (Å²) in [5.41, 5.74) is 4.49. The first-order valence-electron chi connectivity index (χ1n) is 12.5. The maximum absolute atomic E-state index is 13.5. The van der Waals surface area contributed by atoms with Crippen LogP contribution in [0, 0.1) is 12.3 Å². The minimum atomic E-state index is -0.676. The minimum absolute atomic E-state index is 0.124. The summed E-state index contributed by atoms with van der Waals surface area (Å²) in [5.74, 6) is -0.459. The number of carbonyl (C=O) groups excluding carboxylic acids is 3. The SMILES string of the molecule is Cc1ncsc1-c1ccc(CNC(=O)[C@@H]2CCCN2C(=O)[C@@H](NC(=O)CCCCBr)C(C)(C)C)cc1. The van der Waals surface area contributed by atoms with Crippen molar-refractivity contribution in [3.63, 3.8) is 0 Å². The zero-order valence-electron chi connectivity index (χ0n) is 21.6. The molecule has 36 heavy (non-hydrogen) atoms. The number of nitrogens with zero attached hydrogens (tertiary/aromatic N) is 2. The molecule has 196 valence electrons. The van der Waals surface area contributed by atoms with Crippen molar-refractivity contribution < 1.29 is 14.4 Å². The van der Waals surface area contributed by atoms with Gasteiger partial charge in [-0.1, -0.05) is 61.0 Å². The van der Waals surface area contributed by atoms with E-state index in [9.17, 15) is 14.4 Å². The number of nitrogens with one attached hydrogen (secondary N) is 2. The van der Waals surface area contributed by atoms with Gasteiger partial charge in [-0.25, -0.2) is 4.98 Å². The lowest BCUT2D eigenvalue weighted by Gasteiger charge is -2.35. The Morgan fingerprint density at radius 1 is 1.19 bits per heavy atom. The fourth-order valence-electron chi connectivity index (χ4n) is 4.39. The lowest BCUT2D eigenvalue weighted by Crippen LogP contribution is -2.57. The zero-order valence-corrected chi connectivity index (χ0v) is 24.0. The zero-order chi connectivity index (χ0) is 26.3. The Kier molecular flexibility index (Phi) is 10.1. The van der Waals surface area contributed by atoms with Crippen molar-refractivity contribution in [2.45, 2.75) is 78.4 Å². The van der Waals surface area contributed by atoms with Crippen molar-refractivity contribution in [1.29, 1.82) is 0 Å². The number of likely N-dealkylation sites (tertiary alicyclic amines) is 1. The summed E-state index contributed by atoms with van der Waals surface area (Å²) in [6, 6.07) is 6.90. The van der Waals surface area contributed by atoms with Crippen LogP contribution < -0.4 is 10.6 Å².